The number of carbonyl (C=O) groups is 1. The zero-order valence-electron chi connectivity index (χ0n) is 11.8. The van der Waals surface area contributed by atoms with E-state index in [1.807, 2.05) is 29.6 Å². The normalized spacial score (nSPS) is 17.6. The van der Waals surface area contributed by atoms with Crippen molar-refractivity contribution >= 4 is 50.7 Å². The molecule has 1 saturated heterocycles. The Hall–Kier alpha value is -0.950. The number of hydrogen-bond acceptors (Lipinski definition) is 4. The number of amides is 1. The monoisotopic (exact) mass is 401 g/mol. The Morgan fingerprint density at radius 3 is 3.05 bits per heavy atom. The molecular weight excluding hydrogens is 386 g/mol. The van der Waals surface area contributed by atoms with E-state index in [2.05, 4.69) is 31.5 Å². The molecule has 1 unspecified atom stereocenters. The molecule has 2 aromatic rings. The lowest BCUT2D eigenvalue weighted by atomic mass is 9.99. The molecule has 0 radical (unpaired) electrons. The average Bonchev–Trinajstić information content (AvgIpc) is 2.97. The van der Waals surface area contributed by atoms with Crippen LogP contribution in [0.1, 0.15) is 12.8 Å². The lowest BCUT2D eigenvalue weighted by Gasteiger charge is -2.21. The highest BCUT2D eigenvalue weighted by molar-refractivity contribution is 9.10. The van der Waals surface area contributed by atoms with Crippen LogP contribution in [-0.4, -0.2) is 24.0 Å². The largest absolute Gasteiger partial charge is 0.316 e. The molecule has 1 aromatic heterocycles. The third-order valence-electron chi connectivity index (χ3n) is 3.52. The smallest absolute Gasteiger partial charge is 0.230 e. The van der Waals surface area contributed by atoms with Crippen molar-refractivity contribution in [1.82, 2.24) is 10.3 Å². The van der Waals surface area contributed by atoms with Gasteiger partial charge in [0.1, 0.15) is 0 Å². The third-order valence-corrected chi connectivity index (χ3v) is 4.77. The zero-order chi connectivity index (χ0) is 14.7. The standard InChI is InChI=1S/C15H16BrN3OS.ClH/c16-12-5-1-3-10(7-12)13-9-21-15(18-13)19-14(20)11-4-2-6-17-8-11;/h1,3,5,7,9,11,17H,2,4,6,8H2,(H,18,19,20);1H. The number of benzene rings is 1. The summed E-state index contributed by atoms with van der Waals surface area (Å²) in [6.07, 6.45) is 2.00. The van der Waals surface area contributed by atoms with Crippen molar-refractivity contribution in [3.8, 4) is 11.3 Å². The number of halogens is 2. The fourth-order valence-corrected chi connectivity index (χ4v) is 3.52. The van der Waals surface area contributed by atoms with Gasteiger partial charge in [-0.25, -0.2) is 4.98 Å². The predicted octanol–water partition coefficient (Wildman–Crippen LogP) is 3.93. The van der Waals surface area contributed by atoms with Crippen LogP contribution in [0.25, 0.3) is 11.3 Å². The Balaban J connectivity index is 0.00000176. The summed E-state index contributed by atoms with van der Waals surface area (Å²) in [7, 11) is 0. The minimum absolute atomic E-state index is 0. The first kappa shape index (κ1) is 17.4. The summed E-state index contributed by atoms with van der Waals surface area (Å²) in [6, 6.07) is 7.99. The maximum absolute atomic E-state index is 12.2. The topological polar surface area (TPSA) is 54.0 Å². The van der Waals surface area contributed by atoms with Crippen molar-refractivity contribution in [3.05, 3.63) is 34.1 Å². The second-order valence-corrected chi connectivity index (χ2v) is 6.85. The van der Waals surface area contributed by atoms with E-state index in [-0.39, 0.29) is 24.2 Å². The predicted molar refractivity (Wildman–Crippen MR) is 96.7 cm³/mol. The lowest BCUT2D eigenvalue weighted by molar-refractivity contribution is -0.120. The number of nitrogens with zero attached hydrogens (tertiary/aromatic N) is 1. The van der Waals surface area contributed by atoms with Crippen LogP contribution in [0.5, 0.6) is 0 Å². The summed E-state index contributed by atoms with van der Waals surface area (Å²) in [5, 5.41) is 8.82. The van der Waals surface area contributed by atoms with Crippen LogP contribution in [0.2, 0.25) is 0 Å². The second-order valence-electron chi connectivity index (χ2n) is 5.08. The van der Waals surface area contributed by atoms with Crippen molar-refractivity contribution < 1.29 is 4.79 Å². The highest BCUT2D eigenvalue weighted by Crippen LogP contribution is 2.27. The molecule has 0 aliphatic carbocycles. The molecule has 1 aromatic carbocycles. The van der Waals surface area contributed by atoms with E-state index in [0.29, 0.717) is 5.13 Å². The maximum atomic E-state index is 12.2. The Morgan fingerprint density at radius 1 is 1.45 bits per heavy atom. The minimum atomic E-state index is 0. The Bertz CT molecular complexity index is 643. The van der Waals surface area contributed by atoms with Gasteiger partial charge in [0.25, 0.3) is 0 Å². The van der Waals surface area contributed by atoms with Crippen molar-refractivity contribution in [1.29, 1.82) is 0 Å². The molecule has 2 N–H and O–H groups in total. The van der Waals surface area contributed by atoms with Crippen LogP contribution < -0.4 is 10.6 Å². The highest BCUT2D eigenvalue weighted by atomic mass is 79.9. The molecule has 0 bridgehead atoms. The fourth-order valence-electron chi connectivity index (χ4n) is 2.39. The Labute approximate surface area is 148 Å². The van der Waals surface area contributed by atoms with Crippen LogP contribution in [0.4, 0.5) is 5.13 Å². The zero-order valence-corrected chi connectivity index (χ0v) is 15.1. The van der Waals surface area contributed by atoms with Crippen molar-refractivity contribution in [2.45, 2.75) is 12.8 Å². The molecule has 7 heteroatoms. The second kappa shape index (κ2) is 8.06. The third kappa shape index (κ3) is 4.29. The summed E-state index contributed by atoms with van der Waals surface area (Å²) >= 11 is 4.92. The van der Waals surface area contributed by atoms with Gasteiger partial charge in [-0.15, -0.1) is 23.7 Å². The van der Waals surface area contributed by atoms with Crippen molar-refractivity contribution in [2.75, 3.05) is 18.4 Å². The molecule has 1 fully saturated rings. The summed E-state index contributed by atoms with van der Waals surface area (Å²) in [6.45, 7) is 1.77. The van der Waals surface area contributed by atoms with Gasteiger partial charge in [-0.1, -0.05) is 28.1 Å². The van der Waals surface area contributed by atoms with Crippen LogP contribution in [0, 0.1) is 5.92 Å². The first-order valence-corrected chi connectivity index (χ1v) is 8.63. The van der Waals surface area contributed by atoms with E-state index >= 15 is 0 Å². The molecule has 1 aliphatic heterocycles. The summed E-state index contributed by atoms with van der Waals surface area (Å²) in [5.41, 5.74) is 1.93. The van der Waals surface area contributed by atoms with Crippen LogP contribution in [-0.2, 0) is 4.79 Å². The lowest BCUT2D eigenvalue weighted by Crippen LogP contribution is -2.37. The van der Waals surface area contributed by atoms with Crippen LogP contribution >= 0.6 is 39.7 Å². The highest BCUT2D eigenvalue weighted by Gasteiger charge is 2.21. The average molecular weight is 403 g/mol. The molecule has 1 amide bonds. The number of carbonyl (C=O) groups excluding carboxylic acids is 1. The van der Waals surface area contributed by atoms with Gasteiger partial charge in [-0.05, 0) is 31.5 Å². The molecule has 1 aliphatic rings. The summed E-state index contributed by atoms with van der Waals surface area (Å²) in [4.78, 5) is 16.7. The van der Waals surface area contributed by atoms with Gasteiger partial charge in [0.05, 0.1) is 11.6 Å². The van der Waals surface area contributed by atoms with Crippen LogP contribution in [0.3, 0.4) is 0 Å². The van der Waals surface area contributed by atoms with E-state index in [4.69, 9.17) is 0 Å². The molecule has 3 rings (SSSR count). The van der Waals surface area contributed by atoms with E-state index in [1.165, 1.54) is 11.3 Å². The van der Waals surface area contributed by atoms with E-state index in [9.17, 15) is 4.79 Å². The first-order valence-electron chi connectivity index (χ1n) is 6.95. The van der Waals surface area contributed by atoms with E-state index in [1.54, 1.807) is 0 Å². The molecule has 22 heavy (non-hydrogen) atoms. The van der Waals surface area contributed by atoms with E-state index < -0.39 is 0 Å². The molecule has 118 valence electrons. The minimum Gasteiger partial charge on any atom is -0.316 e. The molecule has 4 nitrogen and oxygen atoms in total. The van der Waals surface area contributed by atoms with Crippen LogP contribution in [0.15, 0.2) is 34.1 Å². The maximum Gasteiger partial charge on any atom is 0.230 e. The molecule has 0 spiro atoms. The number of thiazole rings is 1. The van der Waals surface area contributed by atoms with Gasteiger partial charge in [-0.3, -0.25) is 4.79 Å². The quantitative estimate of drug-likeness (QED) is 0.818. The van der Waals surface area contributed by atoms with Gasteiger partial charge in [0.15, 0.2) is 5.13 Å². The number of nitrogens with one attached hydrogen (secondary N) is 2. The molecule has 0 saturated carbocycles. The van der Waals surface area contributed by atoms with Gasteiger partial charge in [-0.2, -0.15) is 0 Å². The molecule has 2 heterocycles. The Morgan fingerprint density at radius 2 is 2.32 bits per heavy atom. The van der Waals surface area contributed by atoms with Gasteiger partial charge in [0.2, 0.25) is 5.91 Å². The number of hydrogen-bond donors (Lipinski definition) is 2. The summed E-state index contributed by atoms with van der Waals surface area (Å²) < 4.78 is 1.02. The number of piperidine rings is 1. The first-order chi connectivity index (χ1) is 10.2. The fraction of sp³-hybridized carbons (Fsp3) is 0.333. The molecular formula is C15H17BrClN3OS. The number of aromatic nitrogens is 1. The van der Waals surface area contributed by atoms with Crippen molar-refractivity contribution in [2.24, 2.45) is 5.92 Å². The SMILES string of the molecule is Cl.O=C(Nc1nc(-c2cccc(Br)c2)cs1)C1CCCNC1. The summed E-state index contributed by atoms with van der Waals surface area (Å²) in [5.74, 6) is 0.120. The number of anilines is 1. The van der Waals surface area contributed by atoms with Gasteiger partial charge in [0, 0.05) is 22.0 Å². The van der Waals surface area contributed by atoms with Gasteiger partial charge >= 0.3 is 0 Å². The van der Waals surface area contributed by atoms with E-state index in [0.717, 1.165) is 41.7 Å². The van der Waals surface area contributed by atoms with Crippen molar-refractivity contribution in [3.63, 3.8) is 0 Å². The number of rotatable bonds is 3. The Kier molecular flexibility index (Phi) is 6.37. The van der Waals surface area contributed by atoms with Gasteiger partial charge < -0.3 is 10.6 Å². The molecule has 1 atom stereocenters.